The van der Waals surface area contributed by atoms with Crippen molar-refractivity contribution < 1.29 is 15.0 Å². The van der Waals surface area contributed by atoms with Gasteiger partial charge in [0.1, 0.15) is 5.82 Å². The first-order chi connectivity index (χ1) is 12.0. The normalized spacial score (nSPS) is 10.6. The molecule has 126 valence electrons. The number of nitrogens with zero attached hydrogens (tertiary/aromatic N) is 2. The molecule has 0 spiro atoms. The van der Waals surface area contributed by atoms with Crippen LogP contribution in [0, 0.1) is 13.8 Å². The summed E-state index contributed by atoms with van der Waals surface area (Å²) in [6, 6.07) is 14.8. The van der Waals surface area contributed by atoms with E-state index < -0.39 is 17.4 Å². The highest BCUT2D eigenvalue weighted by molar-refractivity contribution is 6.10. The van der Waals surface area contributed by atoms with Gasteiger partial charge in [-0.05, 0) is 25.0 Å². The van der Waals surface area contributed by atoms with Crippen LogP contribution in [0.1, 0.15) is 38.6 Å². The minimum absolute atomic E-state index is 0.190. The topological polar surface area (TPSA) is 83.3 Å². The Bertz CT molecular complexity index is 951. The Kier molecular flexibility index (Phi) is 4.48. The van der Waals surface area contributed by atoms with Crippen molar-refractivity contribution in [3.63, 3.8) is 0 Å². The van der Waals surface area contributed by atoms with E-state index in [-0.39, 0.29) is 11.5 Å². The Morgan fingerprint density at radius 1 is 1.00 bits per heavy atom. The standard InChI is InChI=1S/C20H18N2O3/c1-12-6-5-8-14(10-12)11-16-21-17(19(24)20(25)22-16)18(23)15-9-4-3-7-13(15)2/h3-10,24H,11H2,1-2H3,(H,21,22,25). The average molecular weight is 334 g/mol. The molecule has 0 unspecified atom stereocenters. The van der Waals surface area contributed by atoms with E-state index >= 15 is 0 Å². The van der Waals surface area contributed by atoms with Gasteiger partial charge >= 0.3 is 0 Å². The number of aromatic nitrogens is 2. The van der Waals surface area contributed by atoms with Crippen molar-refractivity contribution in [2.45, 2.75) is 20.3 Å². The van der Waals surface area contributed by atoms with Gasteiger partial charge in [-0.3, -0.25) is 4.79 Å². The zero-order valence-corrected chi connectivity index (χ0v) is 14.0. The molecular formula is C20H18N2O3. The molecular weight excluding hydrogens is 316 g/mol. The largest absolute Gasteiger partial charge is 0.502 e. The number of carbonyl (C=O) groups excluding carboxylic acids is 1. The van der Waals surface area contributed by atoms with E-state index in [1.165, 1.54) is 0 Å². The lowest BCUT2D eigenvalue weighted by Crippen LogP contribution is -2.10. The summed E-state index contributed by atoms with van der Waals surface area (Å²) in [4.78, 5) is 20.8. The monoisotopic (exact) mass is 334 g/mol. The Morgan fingerprint density at radius 2 is 1.76 bits per heavy atom. The minimum atomic E-state index is -0.596. The van der Waals surface area contributed by atoms with Gasteiger partial charge in [-0.2, -0.15) is 4.98 Å². The van der Waals surface area contributed by atoms with E-state index in [1.54, 1.807) is 25.1 Å². The molecule has 0 aliphatic carbocycles. The van der Waals surface area contributed by atoms with Gasteiger partial charge in [-0.15, -0.1) is 0 Å². The van der Waals surface area contributed by atoms with Crippen LogP contribution in [0.4, 0.5) is 0 Å². The second-order valence-electron chi connectivity index (χ2n) is 5.97. The number of hydrogen-bond acceptors (Lipinski definition) is 5. The quantitative estimate of drug-likeness (QED) is 0.715. The van der Waals surface area contributed by atoms with Gasteiger partial charge in [0.25, 0.3) is 5.88 Å². The fraction of sp³-hybridized carbons (Fsp3) is 0.150. The summed E-state index contributed by atoms with van der Waals surface area (Å²) < 4.78 is 0. The highest BCUT2D eigenvalue weighted by Gasteiger charge is 2.22. The van der Waals surface area contributed by atoms with Gasteiger partial charge in [0, 0.05) is 12.0 Å². The van der Waals surface area contributed by atoms with Crippen molar-refractivity contribution in [1.82, 2.24) is 9.97 Å². The predicted octanol–water partition coefficient (Wildman–Crippen LogP) is 3.33. The van der Waals surface area contributed by atoms with Gasteiger partial charge in [-0.25, -0.2) is 4.98 Å². The molecule has 0 saturated heterocycles. The Morgan fingerprint density at radius 3 is 2.48 bits per heavy atom. The maximum absolute atomic E-state index is 12.7. The van der Waals surface area contributed by atoms with Crippen LogP contribution in [0.2, 0.25) is 0 Å². The fourth-order valence-electron chi connectivity index (χ4n) is 2.69. The number of aromatic hydroxyl groups is 2. The van der Waals surface area contributed by atoms with E-state index in [4.69, 9.17) is 0 Å². The Balaban J connectivity index is 2.01. The summed E-state index contributed by atoms with van der Waals surface area (Å²) >= 11 is 0. The van der Waals surface area contributed by atoms with Crippen molar-refractivity contribution in [2.75, 3.05) is 0 Å². The maximum atomic E-state index is 12.7. The molecule has 1 heterocycles. The second kappa shape index (κ2) is 6.73. The molecule has 0 saturated carbocycles. The summed E-state index contributed by atoms with van der Waals surface area (Å²) in [5, 5.41) is 20.0. The van der Waals surface area contributed by atoms with Crippen LogP contribution in [0.5, 0.6) is 11.6 Å². The molecule has 5 nitrogen and oxygen atoms in total. The smallest absolute Gasteiger partial charge is 0.258 e. The molecule has 0 aliphatic rings. The van der Waals surface area contributed by atoms with Gasteiger partial charge in [-0.1, -0.05) is 54.1 Å². The van der Waals surface area contributed by atoms with E-state index in [0.717, 1.165) is 16.7 Å². The molecule has 5 heteroatoms. The lowest BCUT2D eigenvalue weighted by Gasteiger charge is -2.09. The van der Waals surface area contributed by atoms with Crippen molar-refractivity contribution >= 4 is 5.78 Å². The van der Waals surface area contributed by atoms with Crippen molar-refractivity contribution in [3.05, 3.63) is 82.3 Å². The number of hydrogen-bond donors (Lipinski definition) is 2. The Hall–Kier alpha value is -3.21. The van der Waals surface area contributed by atoms with Gasteiger partial charge in [0.2, 0.25) is 11.5 Å². The molecule has 2 N–H and O–H groups in total. The van der Waals surface area contributed by atoms with E-state index in [1.807, 2.05) is 37.3 Å². The summed E-state index contributed by atoms with van der Waals surface area (Å²) in [7, 11) is 0. The molecule has 0 aliphatic heterocycles. The number of benzene rings is 2. The SMILES string of the molecule is Cc1cccc(Cc2nc(O)c(O)c(C(=O)c3ccccc3C)n2)c1. The van der Waals surface area contributed by atoms with Crippen LogP contribution < -0.4 is 0 Å². The minimum Gasteiger partial charge on any atom is -0.502 e. The first-order valence-corrected chi connectivity index (χ1v) is 7.90. The molecule has 0 fully saturated rings. The highest BCUT2D eigenvalue weighted by atomic mass is 16.3. The molecule has 2 aromatic carbocycles. The molecule has 0 bridgehead atoms. The zero-order valence-electron chi connectivity index (χ0n) is 14.0. The van der Waals surface area contributed by atoms with Crippen LogP contribution in [-0.4, -0.2) is 26.0 Å². The van der Waals surface area contributed by atoms with Crippen LogP contribution in [0.15, 0.2) is 48.5 Å². The van der Waals surface area contributed by atoms with Crippen molar-refractivity contribution in [1.29, 1.82) is 0 Å². The zero-order chi connectivity index (χ0) is 18.0. The first kappa shape index (κ1) is 16.6. The maximum Gasteiger partial charge on any atom is 0.258 e. The van der Waals surface area contributed by atoms with Crippen LogP contribution in [0.3, 0.4) is 0 Å². The van der Waals surface area contributed by atoms with Crippen LogP contribution in [-0.2, 0) is 6.42 Å². The molecule has 0 amide bonds. The molecule has 0 radical (unpaired) electrons. The summed E-state index contributed by atoms with van der Waals surface area (Å²) in [5.41, 5.74) is 3.06. The van der Waals surface area contributed by atoms with Gasteiger partial charge in [0.15, 0.2) is 5.69 Å². The molecule has 25 heavy (non-hydrogen) atoms. The number of aryl methyl sites for hydroxylation is 2. The van der Waals surface area contributed by atoms with Gasteiger partial charge in [0.05, 0.1) is 0 Å². The Labute approximate surface area is 145 Å². The average Bonchev–Trinajstić information content (AvgIpc) is 2.58. The molecule has 3 rings (SSSR count). The number of ketones is 1. The third-order valence-corrected chi connectivity index (χ3v) is 3.96. The van der Waals surface area contributed by atoms with Crippen molar-refractivity contribution in [2.24, 2.45) is 0 Å². The van der Waals surface area contributed by atoms with Crippen LogP contribution in [0.25, 0.3) is 0 Å². The van der Waals surface area contributed by atoms with E-state index in [2.05, 4.69) is 9.97 Å². The summed E-state index contributed by atoms with van der Waals surface area (Å²) in [6.45, 7) is 3.78. The second-order valence-corrected chi connectivity index (χ2v) is 5.97. The van der Waals surface area contributed by atoms with Crippen LogP contribution >= 0.6 is 0 Å². The predicted molar refractivity (Wildman–Crippen MR) is 94.0 cm³/mol. The number of carbonyl (C=O) groups is 1. The summed E-state index contributed by atoms with van der Waals surface area (Å²) in [6.07, 6.45) is 0.351. The molecule has 0 atom stereocenters. The lowest BCUT2D eigenvalue weighted by atomic mass is 10.0. The highest BCUT2D eigenvalue weighted by Crippen LogP contribution is 2.28. The van der Waals surface area contributed by atoms with E-state index in [9.17, 15) is 15.0 Å². The third kappa shape index (κ3) is 3.50. The number of rotatable bonds is 4. The first-order valence-electron chi connectivity index (χ1n) is 7.90. The summed E-state index contributed by atoms with van der Waals surface area (Å²) in [5.74, 6) is -1.35. The van der Waals surface area contributed by atoms with Crippen molar-refractivity contribution in [3.8, 4) is 11.6 Å². The molecule has 1 aromatic heterocycles. The van der Waals surface area contributed by atoms with E-state index in [0.29, 0.717) is 12.0 Å². The fourth-order valence-corrected chi connectivity index (χ4v) is 2.69. The molecule has 3 aromatic rings. The lowest BCUT2D eigenvalue weighted by molar-refractivity contribution is 0.102. The van der Waals surface area contributed by atoms with Gasteiger partial charge < -0.3 is 10.2 Å². The third-order valence-electron chi connectivity index (χ3n) is 3.96.